The molecule has 2 fully saturated rings. The first-order valence-corrected chi connectivity index (χ1v) is 11.8. The minimum Gasteiger partial charge on any atom is -0.339 e. The van der Waals surface area contributed by atoms with Crippen LogP contribution in [-0.2, 0) is 11.3 Å². The Bertz CT molecular complexity index is 1010. The van der Waals surface area contributed by atoms with Gasteiger partial charge < -0.3 is 14.4 Å². The van der Waals surface area contributed by atoms with Gasteiger partial charge in [-0.2, -0.15) is 0 Å². The maximum atomic E-state index is 12.7. The summed E-state index contributed by atoms with van der Waals surface area (Å²) in [4.78, 5) is 22.1. The van der Waals surface area contributed by atoms with Crippen LogP contribution in [0.25, 0.3) is 11.0 Å². The molecule has 5 rings (SSSR count). The standard InChI is InChI=1S/C26H32N4O/c31-25(15-14-21-8-4-5-9-21)28-16-18-29(19-17-28)26-27-23-12-6-7-13-24(23)30(26)20-22-10-2-1-3-11-22/h1-3,6-7,10-13,21H,4-5,8-9,14-20H2. The largest absolute Gasteiger partial charge is 0.339 e. The van der Waals surface area contributed by atoms with Gasteiger partial charge in [0.15, 0.2) is 0 Å². The summed E-state index contributed by atoms with van der Waals surface area (Å²) >= 11 is 0. The number of aromatic nitrogens is 2. The molecule has 1 saturated heterocycles. The van der Waals surface area contributed by atoms with E-state index in [9.17, 15) is 4.79 Å². The molecule has 0 bridgehead atoms. The molecule has 0 spiro atoms. The molecular weight excluding hydrogens is 384 g/mol. The summed E-state index contributed by atoms with van der Waals surface area (Å²) < 4.78 is 2.32. The van der Waals surface area contributed by atoms with Crippen molar-refractivity contribution in [1.82, 2.24) is 14.5 Å². The Balaban J connectivity index is 1.28. The Hall–Kier alpha value is -2.82. The summed E-state index contributed by atoms with van der Waals surface area (Å²) in [5.74, 6) is 2.13. The highest BCUT2D eigenvalue weighted by Crippen LogP contribution is 2.29. The van der Waals surface area contributed by atoms with Gasteiger partial charge in [-0.3, -0.25) is 4.79 Å². The van der Waals surface area contributed by atoms with Crippen LogP contribution >= 0.6 is 0 Å². The van der Waals surface area contributed by atoms with Crippen LogP contribution in [0.1, 0.15) is 44.1 Å². The third-order valence-electron chi connectivity index (χ3n) is 6.97. The van der Waals surface area contributed by atoms with Crippen molar-refractivity contribution in [2.75, 3.05) is 31.1 Å². The number of hydrogen-bond donors (Lipinski definition) is 0. The molecule has 2 aromatic carbocycles. The Kier molecular flexibility index (Phi) is 5.92. The average Bonchev–Trinajstić information content (AvgIpc) is 3.47. The second-order valence-electron chi connectivity index (χ2n) is 9.03. The molecule has 1 aromatic heterocycles. The number of piperazine rings is 1. The smallest absolute Gasteiger partial charge is 0.222 e. The Morgan fingerprint density at radius 1 is 0.903 bits per heavy atom. The van der Waals surface area contributed by atoms with Crippen molar-refractivity contribution in [3.8, 4) is 0 Å². The molecule has 1 aliphatic carbocycles. The third-order valence-corrected chi connectivity index (χ3v) is 6.97. The van der Waals surface area contributed by atoms with Crippen molar-refractivity contribution in [2.45, 2.75) is 45.1 Å². The first kappa shape index (κ1) is 20.1. The number of imidazole rings is 1. The van der Waals surface area contributed by atoms with E-state index in [1.807, 2.05) is 6.07 Å². The van der Waals surface area contributed by atoms with Crippen molar-refractivity contribution < 1.29 is 4.79 Å². The van der Waals surface area contributed by atoms with E-state index >= 15 is 0 Å². The molecule has 5 nitrogen and oxygen atoms in total. The summed E-state index contributed by atoms with van der Waals surface area (Å²) in [5.41, 5.74) is 3.47. The first-order valence-electron chi connectivity index (χ1n) is 11.8. The topological polar surface area (TPSA) is 41.4 Å². The minimum atomic E-state index is 0.337. The van der Waals surface area contributed by atoms with Gasteiger partial charge in [0.05, 0.1) is 17.6 Å². The lowest BCUT2D eigenvalue weighted by Crippen LogP contribution is -2.49. The maximum Gasteiger partial charge on any atom is 0.222 e. The predicted molar refractivity (Wildman–Crippen MR) is 125 cm³/mol. The Morgan fingerprint density at radius 2 is 1.61 bits per heavy atom. The molecule has 5 heteroatoms. The van der Waals surface area contributed by atoms with Gasteiger partial charge in [0.1, 0.15) is 0 Å². The molecule has 31 heavy (non-hydrogen) atoms. The predicted octanol–water partition coefficient (Wildman–Crippen LogP) is 4.70. The average molecular weight is 417 g/mol. The molecule has 1 amide bonds. The van der Waals surface area contributed by atoms with Crippen LogP contribution in [0.4, 0.5) is 5.95 Å². The van der Waals surface area contributed by atoms with Gasteiger partial charge in [0.2, 0.25) is 11.9 Å². The van der Waals surface area contributed by atoms with Crippen molar-refractivity contribution in [3.05, 3.63) is 60.2 Å². The Morgan fingerprint density at radius 3 is 2.39 bits per heavy atom. The zero-order chi connectivity index (χ0) is 21.0. The van der Waals surface area contributed by atoms with Crippen LogP contribution in [0.5, 0.6) is 0 Å². The first-order chi connectivity index (χ1) is 15.3. The summed E-state index contributed by atoms with van der Waals surface area (Å²) in [6.07, 6.45) is 7.13. The van der Waals surface area contributed by atoms with Crippen LogP contribution in [0.2, 0.25) is 0 Å². The number of benzene rings is 2. The van der Waals surface area contributed by atoms with E-state index in [1.54, 1.807) is 0 Å². The number of rotatable bonds is 6. The van der Waals surface area contributed by atoms with Crippen LogP contribution in [0.3, 0.4) is 0 Å². The number of carbonyl (C=O) groups is 1. The number of para-hydroxylation sites is 2. The van der Waals surface area contributed by atoms with Gasteiger partial charge in [-0.1, -0.05) is 68.1 Å². The zero-order valence-corrected chi connectivity index (χ0v) is 18.2. The second-order valence-corrected chi connectivity index (χ2v) is 9.03. The number of anilines is 1. The molecule has 0 N–H and O–H groups in total. The van der Waals surface area contributed by atoms with Crippen molar-refractivity contribution >= 4 is 22.9 Å². The van der Waals surface area contributed by atoms with Crippen molar-refractivity contribution in [2.24, 2.45) is 5.92 Å². The van der Waals surface area contributed by atoms with Crippen molar-refractivity contribution in [1.29, 1.82) is 0 Å². The van der Waals surface area contributed by atoms with Gasteiger partial charge in [-0.15, -0.1) is 0 Å². The fraction of sp³-hybridized carbons (Fsp3) is 0.462. The maximum absolute atomic E-state index is 12.7. The second kappa shape index (κ2) is 9.13. The van der Waals surface area contributed by atoms with Crippen molar-refractivity contribution in [3.63, 3.8) is 0 Å². The van der Waals surface area contributed by atoms with Gasteiger partial charge in [0, 0.05) is 32.6 Å². The molecule has 3 aromatic rings. The summed E-state index contributed by atoms with van der Waals surface area (Å²) in [6, 6.07) is 18.9. The highest BCUT2D eigenvalue weighted by molar-refractivity contribution is 5.79. The molecular formula is C26H32N4O. The molecule has 1 saturated carbocycles. The zero-order valence-electron chi connectivity index (χ0n) is 18.2. The number of amides is 1. The summed E-state index contributed by atoms with van der Waals surface area (Å²) in [7, 11) is 0. The van der Waals surface area contributed by atoms with Gasteiger partial charge in [-0.25, -0.2) is 4.98 Å². The molecule has 162 valence electrons. The fourth-order valence-electron chi connectivity index (χ4n) is 5.17. The molecule has 0 radical (unpaired) electrons. The van der Waals surface area contributed by atoms with Crippen LogP contribution in [0, 0.1) is 5.92 Å². The summed E-state index contributed by atoms with van der Waals surface area (Å²) in [6.45, 7) is 4.06. The van der Waals surface area contributed by atoms with Gasteiger partial charge in [-0.05, 0) is 30.0 Å². The normalized spacial score (nSPS) is 17.5. The molecule has 2 heterocycles. The minimum absolute atomic E-state index is 0.337. The number of carbonyl (C=O) groups excluding carboxylic acids is 1. The van der Waals surface area contributed by atoms with E-state index in [0.717, 1.165) is 68.5 Å². The molecule has 0 unspecified atom stereocenters. The van der Waals surface area contributed by atoms with E-state index in [2.05, 4.69) is 62.9 Å². The highest BCUT2D eigenvalue weighted by atomic mass is 16.2. The number of nitrogens with zero attached hydrogens (tertiary/aromatic N) is 4. The van der Waals surface area contributed by atoms with E-state index in [1.165, 1.54) is 31.2 Å². The summed E-state index contributed by atoms with van der Waals surface area (Å²) in [5, 5.41) is 0. The molecule has 2 aliphatic rings. The lowest BCUT2D eigenvalue weighted by Gasteiger charge is -2.35. The van der Waals surface area contributed by atoms with Crippen LogP contribution in [-0.4, -0.2) is 46.5 Å². The third kappa shape index (κ3) is 4.46. The van der Waals surface area contributed by atoms with Crippen LogP contribution in [0.15, 0.2) is 54.6 Å². The number of hydrogen-bond acceptors (Lipinski definition) is 3. The van der Waals surface area contributed by atoms with E-state index in [-0.39, 0.29) is 0 Å². The number of fused-ring (bicyclic) bond motifs is 1. The lowest BCUT2D eigenvalue weighted by molar-refractivity contribution is -0.131. The molecule has 1 aliphatic heterocycles. The molecule has 0 atom stereocenters. The van der Waals surface area contributed by atoms with E-state index in [4.69, 9.17) is 4.98 Å². The van der Waals surface area contributed by atoms with Crippen LogP contribution < -0.4 is 4.90 Å². The SMILES string of the molecule is O=C(CCC1CCCC1)N1CCN(c2nc3ccccc3n2Cc2ccccc2)CC1. The fourth-order valence-corrected chi connectivity index (χ4v) is 5.17. The van der Waals surface area contributed by atoms with Gasteiger partial charge in [0.25, 0.3) is 0 Å². The quantitative estimate of drug-likeness (QED) is 0.585. The Labute approximate surface area is 184 Å². The van der Waals surface area contributed by atoms with E-state index < -0.39 is 0 Å². The lowest BCUT2D eigenvalue weighted by atomic mass is 10.0. The van der Waals surface area contributed by atoms with E-state index in [0.29, 0.717) is 5.91 Å². The monoisotopic (exact) mass is 416 g/mol. The van der Waals surface area contributed by atoms with Gasteiger partial charge >= 0.3 is 0 Å². The highest BCUT2D eigenvalue weighted by Gasteiger charge is 2.25.